The molecule has 0 amide bonds. The summed E-state index contributed by atoms with van der Waals surface area (Å²) in [4.78, 5) is 11.2. The van der Waals surface area contributed by atoms with Crippen LogP contribution in [0.4, 0.5) is 0 Å². The second kappa shape index (κ2) is 6.12. The fourth-order valence-corrected chi connectivity index (χ4v) is 3.22. The zero-order valence-corrected chi connectivity index (χ0v) is 14.2. The lowest BCUT2D eigenvalue weighted by atomic mass is 10.0. The van der Waals surface area contributed by atoms with Gasteiger partial charge in [0.05, 0.1) is 25.7 Å². The van der Waals surface area contributed by atoms with E-state index in [9.17, 15) is 4.79 Å². The van der Waals surface area contributed by atoms with Crippen LogP contribution in [0.5, 0.6) is 0 Å². The van der Waals surface area contributed by atoms with Crippen molar-refractivity contribution in [1.29, 1.82) is 0 Å². The molecule has 2 nitrogen and oxygen atoms in total. The fourth-order valence-electron chi connectivity index (χ4n) is 1.68. The van der Waals surface area contributed by atoms with Crippen LogP contribution >= 0.6 is 62.3 Å². The minimum atomic E-state index is -1.06. The molecule has 0 radical (unpaired) electrons. The lowest BCUT2D eigenvalue weighted by molar-refractivity contribution is 0.0696. The minimum Gasteiger partial charge on any atom is -0.478 e. The van der Waals surface area contributed by atoms with Crippen LogP contribution in [-0.4, -0.2) is 11.1 Å². The standard InChI is InChI=1S/C13H5BrCl4O2/c14-7-2-1-5(3-6(7)13(19)20)10-8(15)4-9(16)11(17)12(10)18/h1-4H,(H,19,20). The van der Waals surface area contributed by atoms with Gasteiger partial charge in [0.25, 0.3) is 0 Å². The molecule has 0 bridgehead atoms. The highest BCUT2D eigenvalue weighted by atomic mass is 79.9. The maximum Gasteiger partial charge on any atom is 0.336 e. The molecule has 0 aromatic heterocycles. The molecule has 0 aliphatic heterocycles. The summed E-state index contributed by atoms with van der Waals surface area (Å²) >= 11 is 27.3. The summed E-state index contributed by atoms with van der Waals surface area (Å²) in [5, 5.41) is 10.0. The van der Waals surface area contributed by atoms with Gasteiger partial charge >= 0.3 is 5.97 Å². The van der Waals surface area contributed by atoms with Gasteiger partial charge in [-0.3, -0.25) is 0 Å². The van der Waals surface area contributed by atoms with Crippen molar-refractivity contribution >= 4 is 68.3 Å². The maximum atomic E-state index is 11.2. The Morgan fingerprint density at radius 3 is 2.25 bits per heavy atom. The number of benzene rings is 2. The zero-order valence-electron chi connectivity index (χ0n) is 9.55. The van der Waals surface area contributed by atoms with Gasteiger partial charge < -0.3 is 5.11 Å². The molecule has 1 N–H and O–H groups in total. The molecule has 20 heavy (non-hydrogen) atoms. The van der Waals surface area contributed by atoms with E-state index in [0.29, 0.717) is 20.6 Å². The van der Waals surface area contributed by atoms with E-state index in [-0.39, 0.29) is 20.6 Å². The van der Waals surface area contributed by atoms with Crippen molar-refractivity contribution in [3.63, 3.8) is 0 Å². The molecule has 7 heteroatoms. The number of carboxylic acids is 1. The largest absolute Gasteiger partial charge is 0.478 e. The molecule has 2 aromatic carbocycles. The molecule has 104 valence electrons. The predicted molar refractivity (Wildman–Crippen MR) is 86.6 cm³/mol. The monoisotopic (exact) mass is 412 g/mol. The van der Waals surface area contributed by atoms with Crippen LogP contribution in [0.2, 0.25) is 20.1 Å². The SMILES string of the molecule is O=C(O)c1cc(-c2c(Cl)cc(Cl)c(Cl)c2Cl)ccc1Br. The molecule has 0 aliphatic rings. The van der Waals surface area contributed by atoms with Crippen LogP contribution < -0.4 is 0 Å². The van der Waals surface area contributed by atoms with E-state index >= 15 is 0 Å². The Kier molecular flexibility index (Phi) is 4.88. The van der Waals surface area contributed by atoms with Gasteiger partial charge in [0.1, 0.15) is 0 Å². The Balaban J connectivity index is 2.72. The number of aromatic carboxylic acids is 1. The summed E-state index contributed by atoms with van der Waals surface area (Å²) in [6, 6.07) is 6.22. The van der Waals surface area contributed by atoms with E-state index in [1.807, 2.05) is 0 Å². The van der Waals surface area contributed by atoms with E-state index < -0.39 is 5.97 Å². The van der Waals surface area contributed by atoms with Gasteiger partial charge in [-0.25, -0.2) is 4.79 Å². The normalized spacial score (nSPS) is 10.7. The highest BCUT2D eigenvalue weighted by Gasteiger charge is 2.17. The van der Waals surface area contributed by atoms with E-state index in [4.69, 9.17) is 51.5 Å². The lowest BCUT2D eigenvalue weighted by Crippen LogP contribution is -1.98. The summed E-state index contributed by atoms with van der Waals surface area (Å²) in [7, 11) is 0. The van der Waals surface area contributed by atoms with Gasteiger partial charge in [0, 0.05) is 10.0 Å². The number of carbonyl (C=O) groups is 1. The Morgan fingerprint density at radius 1 is 1.00 bits per heavy atom. The molecule has 0 heterocycles. The van der Waals surface area contributed by atoms with Gasteiger partial charge in [0.2, 0.25) is 0 Å². The first kappa shape index (κ1) is 15.9. The van der Waals surface area contributed by atoms with Crippen LogP contribution in [-0.2, 0) is 0 Å². The third kappa shape index (κ3) is 2.92. The van der Waals surface area contributed by atoms with Crippen molar-refractivity contribution < 1.29 is 9.90 Å². The predicted octanol–water partition coefficient (Wildman–Crippen LogP) is 6.43. The van der Waals surface area contributed by atoms with Crippen LogP contribution in [0.15, 0.2) is 28.7 Å². The van der Waals surface area contributed by atoms with E-state index in [1.54, 1.807) is 12.1 Å². The summed E-state index contributed by atoms with van der Waals surface area (Å²) in [5.74, 6) is -1.06. The molecule has 0 saturated carbocycles. The summed E-state index contributed by atoms with van der Waals surface area (Å²) in [6.07, 6.45) is 0. The fraction of sp³-hybridized carbons (Fsp3) is 0. The van der Waals surface area contributed by atoms with Crippen LogP contribution in [0.3, 0.4) is 0 Å². The molecule has 2 aromatic rings. The zero-order chi connectivity index (χ0) is 15.0. The van der Waals surface area contributed by atoms with Crippen LogP contribution in [0, 0.1) is 0 Å². The van der Waals surface area contributed by atoms with Gasteiger partial charge in [0.15, 0.2) is 0 Å². The number of hydrogen-bond donors (Lipinski definition) is 1. The highest BCUT2D eigenvalue weighted by molar-refractivity contribution is 9.10. The molecule has 0 spiro atoms. The molecule has 2 rings (SSSR count). The Morgan fingerprint density at radius 2 is 1.65 bits per heavy atom. The van der Waals surface area contributed by atoms with Gasteiger partial charge in [-0.1, -0.05) is 52.5 Å². The number of halogens is 5. The minimum absolute atomic E-state index is 0.0979. The molecular formula is C13H5BrCl4O2. The molecule has 0 aliphatic carbocycles. The van der Waals surface area contributed by atoms with Crippen molar-refractivity contribution in [2.24, 2.45) is 0 Å². The lowest BCUT2D eigenvalue weighted by Gasteiger charge is -2.11. The van der Waals surface area contributed by atoms with Gasteiger partial charge in [-0.2, -0.15) is 0 Å². The van der Waals surface area contributed by atoms with E-state index in [2.05, 4.69) is 15.9 Å². The molecular weight excluding hydrogens is 410 g/mol. The third-order valence-corrected chi connectivity index (χ3v) is 4.85. The molecule has 0 fully saturated rings. The average Bonchev–Trinajstić information content (AvgIpc) is 2.37. The molecule has 0 unspecified atom stereocenters. The second-order valence-corrected chi connectivity index (χ2v) is 6.27. The molecule has 0 saturated heterocycles. The van der Waals surface area contributed by atoms with Crippen molar-refractivity contribution in [2.75, 3.05) is 0 Å². The maximum absolute atomic E-state index is 11.2. The Bertz CT molecular complexity index is 716. The average molecular weight is 415 g/mol. The Labute approximate surface area is 143 Å². The smallest absolute Gasteiger partial charge is 0.336 e. The summed E-state index contributed by atoms with van der Waals surface area (Å²) in [6.45, 7) is 0. The van der Waals surface area contributed by atoms with Gasteiger partial charge in [-0.05, 0) is 39.7 Å². The van der Waals surface area contributed by atoms with Crippen molar-refractivity contribution in [3.8, 4) is 11.1 Å². The summed E-state index contributed by atoms with van der Waals surface area (Å²) < 4.78 is 0.459. The van der Waals surface area contributed by atoms with Crippen molar-refractivity contribution in [2.45, 2.75) is 0 Å². The van der Waals surface area contributed by atoms with Crippen molar-refractivity contribution in [3.05, 3.63) is 54.4 Å². The van der Waals surface area contributed by atoms with E-state index in [0.717, 1.165) is 0 Å². The molecule has 0 atom stereocenters. The number of carboxylic acid groups (broad SMARTS) is 1. The first-order valence-electron chi connectivity index (χ1n) is 5.19. The Hall–Kier alpha value is -0.450. The first-order valence-corrected chi connectivity index (χ1v) is 7.49. The third-order valence-electron chi connectivity index (χ3n) is 2.60. The topological polar surface area (TPSA) is 37.3 Å². The summed E-state index contributed by atoms with van der Waals surface area (Å²) in [5.41, 5.74) is 1.08. The van der Waals surface area contributed by atoms with E-state index in [1.165, 1.54) is 12.1 Å². The van der Waals surface area contributed by atoms with Crippen LogP contribution in [0.25, 0.3) is 11.1 Å². The van der Waals surface area contributed by atoms with Gasteiger partial charge in [-0.15, -0.1) is 0 Å². The number of hydrogen-bond acceptors (Lipinski definition) is 1. The van der Waals surface area contributed by atoms with Crippen molar-refractivity contribution in [1.82, 2.24) is 0 Å². The van der Waals surface area contributed by atoms with Crippen LogP contribution in [0.1, 0.15) is 10.4 Å². The highest BCUT2D eigenvalue weighted by Crippen LogP contribution is 2.43. The number of rotatable bonds is 2. The second-order valence-electron chi connectivity index (χ2n) is 3.84. The quantitative estimate of drug-likeness (QED) is 0.454. The first-order chi connectivity index (χ1) is 9.32.